The third-order valence-electron chi connectivity index (χ3n) is 4.66. The van der Waals surface area contributed by atoms with Crippen molar-refractivity contribution in [2.75, 3.05) is 21.3 Å². The highest BCUT2D eigenvalue weighted by atomic mass is 127. The maximum atomic E-state index is 5.49. The fourth-order valence-electron chi connectivity index (χ4n) is 3.11. The molecule has 3 aromatic rings. The second-order valence-electron chi connectivity index (χ2n) is 6.53. The average molecular weight is 509 g/mol. The van der Waals surface area contributed by atoms with E-state index in [2.05, 4.69) is 44.9 Å². The number of aromatic nitrogens is 2. The number of nitrogens with zero attached hydrogens (tertiary/aromatic N) is 3. The Hall–Kier alpha value is -2.49. The van der Waals surface area contributed by atoms with Crippen molar-refractivity contribution < 1.29 is 9.47 Å². The first-order chi connectivity index (χ1) is 13.5. The van der Waals surface area contributed by atoms with Crippen LogP contribution in [0.25, 0.3) is 5.65 Å². The highest BCUT2D eigenvalue weighted by Crippen LogP contribution is 2.29. The first-order valence-electron chi connectivity index (χ1n) is 9.18. The van der Waals surface area contributed by atoms with Crippen LogP contribution in [0.5, 0.6) is 11.5 Å². The Morgan fingerprint density at radius 1 is 1.21 bits per heavy atom. The fourth-order valence-corrected chi connectivity index (χ4v) is 3.11. The summed E-state index contributed by atoms with van der Waals surface area (Å²) in [6.07, 6.45) is 2.04. The van der Waals surface area contributed by atoms with Gasteiger partial charge in [-0.05, 0) is 44.2 Å². The molecule has 1 unspecified atom stereocenters. The molecule has 8 heteroatoms. The normalized spacial score (nSPS) is 12.2. The molecule has 0 aliphatic heterocycles. The van der Waals surface area contributed by atoms with Gasteiger partial charge in [-0.25, -0.2) is 4.98 Å². The number of halogens is 1. The van der Waals surface area contributed by atoms with Gasteiger partial charge in [-0.2, -0.15) is 0 Å². The second kappa shape index (κ2) is 10.3. The second-order valence-corrected chi connectivity index (χ2v) is 6.53. The minimum Gasteiger partial charge on any atom is -0.497 e. The minimum absolute atomic E-state index is 0. The number of rotatable bonds is 6. The van der Waals surface area contributed by atoms with Crippen LogP contribution in [0.3, 0.4) is 0 Å². The van der Waals surface area contributed by atoms with Crippen molar-refractivity contribution in [3.05, 3.63) is 59.5 Å². The molecule has 0 radical (unpaired) electrons. The van der Waals surface area contributed by atoms with E-state index in [0.29, 0.717) is 12.5 Å². The number of pyridine rings is 1. The molecule has 0 saturated heterocycles. The lowest BCUT2D eigenvalue weighted by Gasteiger charge is -2.20. The summed E-state index contributed by atoms with van der Waals surface area (Å²) in [5, 5.41) is 6.72. The van der Waals surface area contributed by atoms with E-state index >= 15 is 0 Å². The molecule has 0 amide bonds. The van der Waals surface area contributed by atoms with Crippen LogP contribution in [0.1, 0.15) is 29.9 Å². The van der Waals surface area contributed by atoms with Crippen LogP contribution in [0, 0.1) is 6.92 Å². The van der Waals surface area contributed by atoms with Crippen LogP contribution in [0.2, 0.25) is 0 Å². The summed E-state index contributed by atoms with van der Waals surface area (Å²) >= 11 is 0. The van der Waals surface area contributed by atoms with Gasteiger partial charge in [0.25, 0.3) is 0 Å². The van der Waals surface area contributed by atoms with Gasteiger partial charge >= 0.3 is 0 Å². The zero-order valence-corrected chi connectivity index (χ0v) is 19.7. The summed E-state index contributed by atoms with van der Waals surface area (Å²) in [6, 6.07) is 11.8. The number of nitrogens with one attached hydrogen (secondary N) is 2. The first kappa shape index (κ1) is 22.8. The van der Waals surface area contributed by atoms with E-state index in [1.54, 1.807) is 21.3 Å². The molecule has 2 heterocycles. The zero-order chi connectivity index (χ0) is 20.1. The largest absolute Gasteiger partial charge is 0.497 e. The van der Waals surface area contributed by atoms with Crippen molar-refractivity contribution in [3.63, 3.8) is 0 Å². The number of fused-ring (bicyclic) bond motifs is 1. The Morgan fingerprint density at radius 2 is 2.00 bits per heavy atom. The van der Waals surface area contributed by atoms with Crippen LogP contribution in [-0.4, -0.2) is 36.6 Å². The van der Waals surface area contributed by atoms with Crippen LogP contribution in [-0.2, 0) is 6.54 Å². The molecule has 0 fully saturated rings. The summed E-state index contributed by atoms with van der Waals surface area (Å²) in [5.41, 5.74) is 4.03. The molecule has 29 heavy (non-hydrogen) atoms. The van der Waals surface area contributed by atoms with Crippen LogP contribution >= 0.6 is 24.0 Å². The molecule has 0 spiro atoms. The molecule has 1 atom stereocenters. The number of hydrogen-bond acceptors (Lipinski definition) is 4. The number of imidazole rings is 1. The van der Waals surface area contributed by atoms with E-state index in [1.165, 1.54) is 0 Å². The van der Waals surface area contributed by atoms with Gasteiger partial charge in [0.2, 0.25) is 0 Å². The highest BCUT2D eigenvalue weighted by Gasteiger charge is 2.14. The maximum absolute atomic E-state index is 5.49. The predicted octanol–water partition coefficient (Wildman–Crippen LogP) is 3.70. The van der Waals surface area contributed by atoms with E-state index in [4.69, 9.17) is 9.47 Å². The van der Waals surface area contributed by atoms with E-state index in [-0.39, 0.29) is 30.0 Å². The standard InChI is InChI=1S/C21H27N5O2.HI/c1-14-7-6-8-20-25-16(13-26(14)20)12-23-21(22-3)24-15(2)18-11-17(27-4)9-10-19(18)28-5;/h6-11,13,15H,12H2,1-5H3,(H2,22,23,24);1H. The number of ether oxygens (including phenoxy) is 2. The van der Waals surface area contributed by atoms with Gasteiger partial charge < -0.3 is 24.5 Å². The number of hydrogen-bond donors (Lipinski definition) is 2. The summed E-state index contributed by atoms with van der Waals surface area (Å²) in [6.45, 7) is 4.69. The molecule has 156 valence electrons. The lowest BCUT2D eigenvalue weighted by Crippen LogP contribution is -2.38. The first-order valence-corrected chi connectivity index (χ1v) is 9.18. The van der Waals surface area contributed by atoms with E-state index in [0.717, 1.165) is 34.1 Å². The molecule has 0 aliphatic rings. The number of methoxy groups -OCH3 is 2. The van der Waals surface area contributed by atoms with Crippen molar-refractivity contribution in [2.45, 2.75) is 26.4 Å². The Labute approximate surface area is 188 Å². The molecule has 3 rings (SSSR count). The van der Waals surface area contributed by atoms with E-state index in [1.807, 2.05) is 36.5 Å². The van der Waals surface area contributed by atoms with Gasteiger partial charge in [-0.3, -0.25) is 4.99 Å². The van der Waals surface area contributed by atoms with Crippen molar-refractivity contribution in [1.29, 1.82) is 0 Å². The molecule has 0 bridgehead atoms. The summed E-state index contributed by atoms with van der Waals surface area (Å²) < 4.78 is 12.9. The lowest BCUT2D eigenvalue weighted by atomic mass is 10.1. The SMILES string of the molecule is CN=C(NCc1cn2c(C)cccc2n1)NC(C)c1cc(OC)ccc1OC.I. The van der Waals surface area contributed by atoms with Crippen molar-refractivity contribution in [2.24, 2.45) is 4.99 Å². The van der Waals surface area contributed by atoms with Crippen molar-refractivity contribution in [3.8, 4) is 11.5 Å². The molecular formula is C21H28IN5O2. The molecule has 1 aromatic carbocycles. The molecule has 2 aromatic heterocycles. The monoisotopic (exact) mass is 509 g/mol. The third-order valence-corrected chi connectivity index (χ3v) is 4.66. The molecule has 0 aliphatic carbocycles. The van der Waals surface area contributed by atoms with Crippen LogP contribution < -0.4 is 20.1 Å². The molecule has 7 nitrogen and oxygen atoms in total. The van der Waals surface area contributed by atoms with Gasteiger partial charge in [0.1, 0.15) is 17.1 Å². The number of guanidine groups is 1. The van der Waals surface area contributed by atoms with Gasteiger partial charge in [-0.15, -0.1) is 24.0 Å². The topological polar surface area (TPSA) is 72.2 Å². The van der Waals surface area contributed by atoms with Crippen LogP contribution in [0.15, 0.2) is 47.6 Å². The zero-order valence-electron chi connectivity index (χ0n) is 17.4. The predicted molar refractivity (Wildman–Crippen MR) is 127 cm³/mol. The van der Waals surface area contributed by atoms with Crippen molar-refractivity contribution in [1.82, 2.24) is 20.0 Å². The minimum atomic E-state index is -0.0282. The Morgan fingerprint density at radius 3 is 2.66 bits per heavy atom. The maximum Gasteiger partial charge on any atom is 0.191 e. The Balaban J connectivity index is 0.00000300. The van der Waals surface area contributed by atoms with Crippen LogP contribution in [0.4, 0.5) is 0 Å². The Kier molecular flexibility index (Phi) is 8.12. The van der Waals surface area contributed by atoms with Crippen molar-refractivity contribution >= 4 is 35.6 Å². The number of aryl methyl sites for hydroxylation is 1. The molecular weight excluding hydrogens is 481 g/mol. The number of benzene rings is 1. The summed E-state index contributed by atoms with van der Waals surface area (Å²) in [5.74, 6) is 2.27. The van der Waals surface area contributed by atoms with Gasteiger partial charge in [-0.1, -0.05) is 6.07 Å². The average Bonchev–Trinajstić information content (AvgIpc) is 3.15. The molecule has 0 saturated carbocycles. The van der Waals surface area contributed by atoms with Gasteiger partial charge in [0, 0.05) is 24.5 Å². The highest BCUT2D eigenvalue weighted by molar-refractivity contribution is 14.0. The Bertz CT molecular complexity index is 986. The summed E-state index contributed by atoms with van der Waals surface area (Å²) in [7, 11) is 5.07. The quantitative estimate of drug-likeness (QED) is 0.301. The van der Waals surface area contributed by atoms with Gasteiger partial charge in [0.15, 0.2) is 5.96 Å². The van der Waals surface area contributed by atoms with E-state index < -0.39 is 0 Å². The van der Waals surface area contributed by atoms with Gasteiger partial charge in [0.05, 0.1) is 32.5 Å². The van der Waals surface area contributed by atoms with E-state index in [9.17, 15) is 0 Å². The smallest absolute Gasteiger partial charge is 0.191 e. The third kappa shape index (κ3) is 5.31. The lowest BCUT2D eigenvalue weighted by molar-refractivity contribution is 0.394. The molecule has 2 N–H and O–H groups in total. The summed E-state index contributed by atoms with van der Waals surface area (Å²) in [4.78, 5) is 8.97. The number of aliphatic imine (C=N–C) groups is 1. The fraction of sp³-hybridized carbons (Fsp3) is 0.333.